The van der Waals surface area contributed by atoms with Crippen molar-refractivity contribution in [3.05, 3.63) is 23.8 Å². The number of hydrogen-bond acceptors (Lipinski definition) is 3. The Morgan fingerprint density at radius 3 is 2.37 bits per heavy atom. The first-order chi connectivity index (χ1) is 8.49. The standard InChI is InChI=1S/C10H9ClF3NO3S/c1-6-4-7(19(11,17)18)2-3-8(6)15-9(16)5-10(12,13)14/h2-4H,5H2,1H3,(H,15,16). The van der Waals surface area contributed by atoms with Crippen molar-refractivity contribution < 1.29 is 26.4 Å². The van der Waals surface area contributed by atoms with E-state index < -0.39 is 27.6 Å². The maximum Gasteiger partial charge on any atom is 0.397 e. The number of anilines is 1. The molecule has 0 spiro atoms. The molecule has 0 aliphatic rings. The highest BCUT2D eigenvalue weighted by molar-refractivity contribution is 8.13. The molecule has 9 heteroatoms. The van der Waals surface area contributed by atoms with Crippen LogP contribution in [0.2, 0.25) is 0 Å². The van der Waals surface area contributed by atoms with Gasteiger partial charge in [0.2, 0.25) is 5.91 Å². The van der Waals surface area contributed by atoms with E-state index in [1.807, 2.05) is 5.32 Å². The van der Waals surface area contributed by atoms with Crippen molar-refractivity contribution in [3.63, 3.8) is 0 Å². The van der Waals surface area contributed by atoms with Gasteiger partial charge in [0, 0.05) is 16.4 Å². The molecule has 1 aromatic rings. The normalized spacial score (nSPS) is 12.3. The highest BCUT2D eigenvalue weighted by atomic mass is 35.7. The summed E-state index contributed by atoms with van der Waals surface area (Å²) in [7, 11) is 1.19. The van der Waals surface area contributed by atoms with Crippen LogP contribution >= 0.6 is 10.7 Å². The topological polar surface area (TPSA) is 63.2 Å². The van der Waals surface area contributed by atoms with Crippen LogP contribution in [0.4, 0.5) is 18.9 Å². The van der Waals surface area contributed by atoms with E-state index in [9.17, 15) is 26.4 Å². The van der Waals surface area contributed by atoms with Gasteiger partial charge in [-0.2, -0.15) is 13.2 Å². The molecule has 1 aromatic carbocycles. The number of carbonyl (C=O) groups excluding carboxylic acids is 1. The zero-order chi connectivity index (χ0) is 14.8. The number of carbonyl (C=O) groups is 1. The minimum atomic E-state index is -4.60. The van der Waals surface area contributed by atoms with E-state index in [0.29, 0.717) is 0 Å². The zero-order valence-electron chi connectivity index (χ0n) is 9.58. The van der Waals surface area contributed by atoms with Crippen LogP contribution in [0.5, 0.6) is 0 Å². The molecule has 0 saturated heterocycles. The van der Waals surface area contributed by atoms with Gasteiger partial charge < -0.3 is 5.32 Å². The van der Waals surface area contributed by atoms with Crippen molar-refractivity contribution in [1.29, 1.82) is 0 Å². The van der Waals surface area contributed by atoms with Crippen LogP contribution in [-0.2, 0) is 13.8 Å². The Bertz CT molecular complexity index is 599. The minimum Gasteiger partial charge on any atom is -0.326 e. The van der Waals surface area contributed by atoms with Crippen molar-refractivity contribution >= 4 is 31.3 Å². The van der Waals surface area contributed by atoms with E-state index in [2.05, 4.69) is 0 Å². The van der Waals surface area contributed by atoms with Crippen LogP contribution in [0.25, 0.3) is 0 Å². The number of halogens is 4. The maximum absolute atomic E-state index is 12.0. The molecule has 19 heavy (non-hydrogen) atoms. The summed E-state index contributed by atoms with van der Waals surface area (Å²) in [6, 6.07) is 3.43. The molecule has 0 bridgehead atoms. The molecule has 0 aliphatic heterocycles. The lowest BCUT2D eigenvalue weighted by Crippen LogP contribution is -2.21. The number of alkyl halides is 3. The smallest absolute Gasteiger partial charge is 0.326 e. The van der Waals surface area contributed by atoms with E-state index in [1.165, 1.54) is 13.0 Å². The molecule has 0 aliphatic carbocycles. The SMILES string of the molecule is Cc1cc(S(=O)(=O)Cl)ccc1NC(=O)CC(F)(F)F. The number of nitrogens with one attached hydrogen (secondary N) is 1. The first-order valence-electron chi connectivity index (χ1n) is 4.91. The van der Waals surface area contributed by atoms with Crippen LogP contribution < -0.4 is 5.32 Å². The van der Waals surface area contributed by atoms with Gasteiger partial charge in [0.1, 0.15) is 6.42 Å². The lowest BCUT2D eigenvalue weighted by molar-refractivity contribution is -0.150. The van der Waals surface area contributed by atoms with Gasteiger partial charge in [-0.05, 0) is 30.7 Å². The van der Waals surface area contributed by atoms with Crippen molar-refractivity contribution in [3.8, 4) is 0 Å². The molecule has 0 saturated carbocycles. The fraction of sp³-hybridized carbons (Fsp3) is 0.300. The summed E-state index contributed by atoms with van der Waals surface area (Å²) < 4.78 is 58.0. The van der Waals surface area contributed by atoms with E-state index in [0.717, 1.165) is 12.1 Å². The molecule has 0 aromatic heterocycles. The average Bonchev–Trinajstić information content (AvgIpc) is 2.16. The first kappa shape index (κ1) is 15.8. The molecule has 1 rings (SSSR count). The third-order valence-electron chi connectivity index (χ3n) is 2.11. The maximum atomic E-state index is 12.0. The summed E-state index contributed by atoms with van der Waals surface area (Å²) in [5.74, 6) is -1.22. The number of benzene rings is 1. The van der Waals surface area contributed by atoms with Gasteiger partial charge in [0.25, 0.3) is 9.05 Å². The lowest BCUT2D eigenvalue weighted by Gasteiger charge is -2.10. The summed E-state index contributed by atoms with van der Waals surface area (Å²) in [5.41, 5.74) is 0.385. The van der Waals surface area contributed by atoms with Crippen LogP contribution in [0, 0.1) is 6.92 Å². The van der Waals surface area contributed by atoms with Gasteiger partial charge >= 0.3 is 6.18 Å². The summed E-state index contributed by atoms with van der Waals surface area (Å²) in [6.07, 6.45) is -6.21. The summed E-state index contributed by atoms with van der Waals surface area (Å²) in [4.78, 5) is 10.9. The summed E-state index contributed by atoms with van der Waals surface area (Å²) in [6.45, 7) is 1.44. The highest BCUT2D eigenvalue weighted by Crippen LogP contribution is 2.24. The molecule has 0 fully saturated rings. The number of amides is 1. The van der Waals surface area contributed by atoms with E-state index in [-0.39, 0.29) is 16.1 Å². The average molecular weight is 316 g/mol. The van der Waals surface area contributed by atoms with E-state index >= 15 is 0 Å². The molecular weight excluding hydrogens is 307 g/mol. The van der Waals surface area contributed by atoms with E-state index in [1.54, 1.807) is 0 Å². The Morgan fingerprint density at radius 2 is 1.95 bits per heavy atom. The predicted molar refractivity (Wildman–Crippen MR) is 63.5 cm³/mol. The molecule has 1 N–H and O–H groups in total. The van der Waals surface area contributed by atoms with Crippen molar-refractivity contribution in [2.45, 2.75) is 24.4 Å². The molecule has 0 heterocycles. The van der Waals surface area contributed by atoms with Crippen LogP contribution in [0.3, 0.4) is 0 Å². The van der Waals surface area contributed by atoms with Gasteiger partial charge in [-0.1, -0.05) is 0 Å². The lowest BCUT2D eigenvalue weighted by atomic mass is 10.2. The van der Waals surface area contributed by atoms with Crippen molar-refractivity contribution in [2.75, 3.05) is 5.32 Å². The molecule has 106 valence electrons. The monoisotopic (exact) mass is 315 g/mol. The molecule has 0 radical (unpaired) electrons. The molecule has 4 nitrogen and oxygen atoms in total. The van der Waals surface area contributed by atoms with Crippen LogP contribution in [0.15, 0.2) is 23.1 Å². The van der Waals surface area contributed by atoms with Crippen molar-refractivity contribution in [1.82, 2.24) is 0 Å². The Labute approximate surface area is 112 Å². The Kier molecular flexibility index (Phi) is 4.46. The molecule has 1 amide bonds. The molecular formula is C10H9ClF3NO3S. The van der Waals surface area contributed by atoms with Gasteiger partial charge in [0.05, 0.1) is 4.90 Å². The second kappa shape index (κ2) is 5.38. The molecule has 0 atom stereocenters. The number of rotatable bonds is 3. The summed E-state index contributed by atoms with van der Waals surface area (Å²) >= 11 is 0. The second-order valence-corrected chi connectivity index (χ2v) is 6.32. The molecule has 0 unspecified atom stereocenters. The van der Waals surface area contributed by atoms with Gasteiger partial charge in [-0.25, -0.2) is 8.42 Å². The number of aryl methyl sites for hydroxylation is 1. The van der Waals surface area contributed by atoms with E-state index in [4.69, 9.17) is 10.7 Å². The first-order valence-corrected chi connectivity index (χ1v) is 7.22. The van der Waals surface area contributed by atoms with Gasteiger partial charge in [0.15, 0.2) is 0 Å². The largest absolute Gasteiger partial charge is 0.397 e. The Morgan fingerprint density at radius 1 is 1.37 bits per heavy atom. The third kappa shape index (κ3) is 5.07. The predicted octanol–water partition coefficient (Wildman–Crippen LogP) is 2.81. The van der Waals surface area contributed by atoms with Crippen LogP contribution in [0.1, 0.15) is 12.0 Å². The summed E-state index contributed by atoms with van der Waals surface area (Å²) in [5, 5.41) is 2.05. The quantitative estimate of drug-likeness (QED) is 0.872. The zero-order valence-corrected chi connectivity index (χ0v) is 11.2. The fourth-order valence-corrected chi connectivity index (χ4v) is 2.14. The Balaban J connectivity index is 2.90. The number of hydrogen-bond donors (Lipinski definition) is 1. The van der Waals surface area contributed by atoms with Crippen LogP contribution in [-0.4, -0.2) is 20.5 Å². The minimum absolute atomic E-state index is 0.0957. The second-order valence-electron chi connectivity index (χ2n) is 3.75. The third-order valence-corrected chi connectivity index (χ3v) is 3.47. The fourth-order valence-electron chi connectivity index (χ4n) is 1.30. The van der Waals surface area contributed by atoms with Gasteiger partial charge in [-0.3, -0.25) is 4.79 Å². The van der Waals surface area contributed by atoms with Gasteiger partial charge in [-0.15, -0.1) is 0 Å². The van der Waals surface area contributed by atoms with Crippen molar-refractivity contribution in [2.24, 2.45) is 0 Å². The Hall–Kier alpha value is -1.28. The highest BCUT2D eigenvalue weighted by Gasteiger charge is 2.31.